The summed E-state index contributed by atoms with van der Waals surface area (Å²) in [6.45, 7) is 7.05. The number of ether oxygens (including phenoxy) is 2. The highest BCUT2D eigenvalue weighted by Gasteiger charge is 2.11. The van der Waals surface area contributed by atoms with E-state index >= 15 is 0 Å². The fraction of sp³-hybridized carbons (Fsp3) is 0.758. The van der Waals surface area contributed by atoms with Crippen molar-refractivity contribution in [2.24, 2.45) is 0 Å². The van der Waals surface area contributed by atoms with E-state index in [2.05, 4.69) is 20.8 Å². The lowest BCUT2D eigenvalue weighted by Gasteiger charge is -2.12. The zero-order valence-corrected chi connectivity index (χ0v) is 24.4. The summed E-state index contributed by atoms with van der Waals surface area (Å²) in [6, 6.07) is 7.77. The Labute approximate surface area is 228 Å². The molecule has 4 heteroatoms. The van der Waals surface area contributed by atoms with Gasteiger partial charge in [-0.1, -0.05) is 135 Å². The summed E-state index contributed by atoms with van der Waals surface area (Å²) in [5.41, 5.74) is 1.07. The van der Waals surface area contributed by atoms with Crippen molar-refractivity contribution in [3.05, 3.63) is 29.8 Å². The van der Waals surface area contributed by atoms with Gasteiger partial charge in [0.1, 0.15) is 5.75 Å². The number of benzene rings is 1. The molecular weight excluding hydrogens is 460 g/mol. The van der Waals surface area contributed by atoms with Crippen LogP contribution in [0.5, 0.6) is 5.75 Å². The second kappa shape index (κ2) is 23.3. The van der Waals surface area contributed by atoms with Crippen molar-refractivity contribution < 1.29 is 19.1 Å². The molecule has 0 radical (unpaired) electrons. The lowest BCUT2D eigenvalue weighted by Crippen LogP contribution is -2.09. The Morgan fingerprint density at radius 3 is 1.62 bits per heavy atom. The first kappa shape index (κ1) is 33.2. The number of hydrogen-bond donors (Lipinski definition) is 0. The van der Waals surface area contributed by atoms with Crippen LogP contribution < -0.4 is 4.74 Å². The molecule has 0 unspecified atom stereocenters. The van der Waals surface area contributed by atoms with Gasteiger partial charge in [-0.25, -0.2) is 0 Å². The van der Waals surface area contributed by atoms with Crippen LogP contribution in [0.2, 0.25) is 0 Å². The third-order valence-electron chi connectivity index (χ3n) is 7.04. The smallest absolute Gasteiger partial charge is 0.311 e. The van der Waals surface area contributed by atoms with Crippen LogP contribution in [0.1, 0.15) is 161 Å². The fourth-order valence-corrected chi connectivity index (χ4v) is 4.67. The molecule has 1 aromatic rings. The second-order valence-electron chi connectivity index (χ2n) is 10.9. The number of esters is 2. The third kappa shape index (κ3) is 19.0. The van der Waals surface area contributed by atoms with Gasteiger partial charge in [-0.3, -0.25) is 9.59 Å². The lowest BCUT2D eigenvalue weighted by atomic mass is 10.0. The predicted octanol–water partition coefficient (Wildman–Crippen LogP) is 10.1. The Kier molecular flexibility index (Phi) is 20.9. The summed E-state index contributed by atoms with van der Waals surface area (Å²) in [5.74, 6) is 0.820. The molecule has 0 aliphatic heterocycles. The van der Waals surface area contributed by atoms with E-state index in [1.54, 1.807) is 0 Å². The summed E-state index contributed by atoms with van der Waals surface area (Å²) >= 11 is 0. The average molecular weight is 517 g/mol. The third-order valence-corrected chi connectivity index (χ3v) is 7.04. The molecule has 0 saturated carbocycles. The Bertz CT molecular complexity index is 697. The number of para-hydroxylation sites is 1. The van der Waals surface area contributed by atoms with Crippen LogP contribution in [-0.4, -0.2) is 18.5 Å². The number of rotatable bonds is 24. The SMILES string of the molecule is CCCCCCCCCCCCCCOC(=O)CCCCCCCCC(=O)Oc1ccccc1C(C)C. The molecule has 0 bridgehead atoms. The van der Waals surface area contributed by atoms with Gasteiger partial charge in [-0.2, -0.15) is 0 Å². The molecule has 0 aromatic heterocycles. The van der Waals surface area contributed by atoms with Gasteiger partial charge in [-0.15, -0.1) is 0 Å². The average Bonchev–Trinajstić information content (AvgIpc) is 2.88. The summed E-state index contributed by atoms with van der Waals surface area (Å²) < 4.78 is 11.0. The quantitative estimate of drug-likeness (QED) is 0.0779. The Hall–Kier alpha value is -1.84. The molecule has 0 amide bonds. The minimum absolute atomic E-state index is 0.0486. The van der Waals surface area contributed by atoms with Crippen LogP contribution in [0.15, 0.2) is 24.3 Å². The van der Waals surface area contributed by atoms with Crippen molar-refractivity contribution >= 4 is 11.9 Å². The molecule has 0 spiro atoms. The molecule has 0 atom stereocenters. The summed E-state index contributed by atoms with van der Waals surface area (Å²) in [6.07, 6.45) is 22.8. The molecule has 4 nitrogen and oxygen atoms in total. The molecule has 0 N–H and O–H groups in total. The van der Waals surface area contributed by atoms with E-state index in [9.17, 15) is 9.59 Å². The fourth-order valence-electron chi connectivity index (χ4n) is 4.67. The molecule has 0 aliphatic rings. The van der Waals surface area contributed by atoms with Gasteiger partial charge in [0, 0.05) is 12.8 Å². The predicted molar refractivity (Wildman–Crippen MR) is 155 cm³/mol. The van der Waals surface area contributed by atoms with E-state index in [1.807, 2.05) is 24.3 Å². The highest BCUT2D eigenvalue weighted by Crippen LogP contribution is 2.26. The van der Waals surface area contributed by atoms with E-state index < -0.39 is 0 Å². The van der Waals surface area contributed by atoms with Crippen molar-refractivity contribution in [2.75, 3.05) is 6.61 Å². The van der Waals surface area contributed by atoms with E-state index in [0.29, 0.717) is 31.1 Å². The minimum Gasteiger partial charge on any atom is -0.466 e. The number of carbonyl (C=O) groups is 2. The maximum atomic E-state index is 12.2. The molecular formula is C33H56O4. The zero-order chi connectivity index (χ0) is 27.0. The normalized spacial score (nSPS) is 11.1. The van der Waals surface area contributed by atoms with E-state index in [1.165, 1.54) is 70.6 Å². The van der Waals surface area contributed by atoms with Crippen LogP contribution >= 0.6 is 0 Å². The summed E-state index contributed by atoms with van der Waals surface area (Å²) in [4.78, 5) is 24.1. The van der Waals surface area contributed by atoms with Gasteiger partial charge < -0.3 is 9.47 Å². The van der Waals surface area contributed by atoms with Crippen LogP contribution in [0.4, 0.5) is 0 Å². The van der Waals surface area contributed by atoms with Crippen LogP contribution in [0.3, 0.4) is 0 Å². The van der Waals surface area contributed by atoms with Crippen molar-refractivity contribution in [1.82, 2.24) is 0 Å². The first-order chi connectivity index (χ1) is 18.0. The van der Waals surface area contributed by atoms with Crippen molar-refractivity contribution in [2.45, 2.75) is 155 Å². The minimum atomic E-state index is -0.149. The van der Waals surface area contributed by atoms with E-state index in [4.69, 9.17) is 9.47 Å². The van der Waals surface area contributed by atoms with Crippen molar-refractivity contribution in [3.8, 4) is 5.75 Å². The maximum absolute atomic E-state index is 12.2. The zero-order valence-electron chi connectivity index (χ0n) is 24.4. The first-order valence-corrected chi connectivity index (χ1v) is 15.5. The Morgan fingerprint density at radius 2 is 1.08 bits per heavy atom. The van der Waals surface area contributed by atoms with E-state index in [-0.39, 0.29) is 11.9 Å². The second-order valence-corrected chi connectivity index (χ2v) is 10.9. The van der Waals surface area contributed by atoms with Gasteiger partial charge in [0.05, 0.1) is 6.61 Å². The highest BCUT2D eigenvalue weighted by atomic mass is 16.5. The Balaban J connectivity index is 1.86. The van der Waals surface area contributed by atoms with Crippen molar-refractivity contribution in [1.29, 1.82) is 0 Å². The van der Waals surface area contributed by atoms with Crippen LogP contribution in [0.25, 0.3) is 0 Å². The molecule has 37 heavy (non-hydrogen) atoms. The lowest BCUT2D eigenvalue weighted by molar-refractivity contribution is -0.144. The summed E-state index contributed by atoms with van der Waals surface area (Å²) in [5, 5.41) is 0. The molecule has 0 fully saturated rings. The largest absolute Gasteiger partial charge is 0.466 e. The topological polar surface area (TPSA) is 52.6 Å². The molecule has 1 aromatic carbocycles. The van der Waals surface area contributed by atoms with Gasteiger partial charge in [0.15, 0.2) is 0 Å². The van der Waals surface area contributed by atoms with Gasteiger partial charge >= 0.3 is 11.9 Å². The number of carbonyl (C=O) groups excluding carboxylic acids is 2. The molecule has 1 rings (SSSR count). The first-order valence-electron chi connectivity index (χ1n) is 15.5. The Morgan fingerprint density at radius 1 is 0.622 bits per heavy atom. The van der Waals surface area contributed by atoms with Gasteiger partial charge in [0.2, 0.25) is 0 Å². The highest BCUT2D eigenvalue weighted by molar-refractivity contribution is 5.72. The van der Waals surface area contributed by atoms with Crippen LogP contribution in [-0.2, 0) is 14.3 Å². The monoisotopic (exact) mass is 516 g/mol. The van der Waals surface area contributed by atoms with Gasteiger partial charge in [0.25, 0.3) is 0 Å². The molecule has 0 aliphatic carbocycles. The molecule has 0 heterocycles. The number of hydrogen-bond acceptors (Lipinski definition) is 4. The standard InChI is InChI=1S/C33H56O4/c1-4-5-6-7-8-9-10-11-12-15-18-23-28-36-32(34)26-19-16-13-14-17-20-27-33(35)37-31-25-22-21-24-30(31)29(2)3/h21-22,24-25,29H,4-20,23,26-28H2,1-3H3. The van der Waals surface area contributed by atoms with Crippen LogP contribution in [0, 0.1) is 0 Å². The molecule has 0 saturated heterocycles. The summed E-state index contributed by atoms with van der Waals surface area (Å²) in [7, 11) is 0. The number of unbranched alkanes of at least 4 members (excludes halogenated alkanes) is 16. The maximum Gasteiger partial charge on any atom is 0.311 e. The van der Waals surface area contributed by atoms with Crippen molar-refractivity contribution in [3.63, 3.8) is 0 Å². The van der Waals surface area contributed by atoms with E-state index in [0.717, 1.165) is 50.5 Å². The molecule has 212 valence electrons. The van der Waals surface area contributed by atoms with Gasteiger partial charge in [-0.05, 0) is 36.8 Å².